The summed E-state index contributed by atoms with van der Waals surface area (Å²) in [4.78, 5) is 0. The van der Waals surface area contributed by atoms with Gasteiger partial charge in [0, 0.05) is 5.16 Å². The lowest BCUT2D eigenvalue weighted by atomic mass is 9.77. The SMILES string of the molecule is CCC1(P(c2ccccc2)c2ccccc2)C=CC=C[C@@]1(O[Si](C)(C)C(C)(C)C)C1CC1. The Morgan fingerprint density at radius 1 is 0.875 bits per heavy atom. The van der Waals surface area contributed by atoms with E-state index in [9.17, 15) is 0 Å². The normalized spacial score (nSPS) is 26.0. The fourth-order valence-corrected chi connectivity index (χ4v) is 10.1. The Labute approximate surface area is 197 Å². The molecule has 0 saturated heterocycles. The first-order valence-corrected chi connectivity index (χ1v) is 16.4. The molecule has 0 heterocycles. The molecule has 0 bridgehead atoms. The number of benzene rings is 2. The van der Waals surface area contributed by atoms with Crippen molar-refractivity contribution in [2.75, 3.05) is 0 Å². The van der Waals surface area contributed by atoms with Gasteiger partial charge >= 0.3 is 0 Å². The zero-order valence-corrected chi connectivity index (χ0v) is 22.5. The molecule has 2 aromatic rings. The molecule has 1 nitrogen and oxygen atoms in total. The van der Waals surface area contributed by atoms with Crippen LogP contribution in [-0.2, 0) is 4.43 Å². The summed E-state index contributed by atoms with van der Waals surface area (Å²) in [5, 5.41) is 2.99. The minimum absolute atomic E-state index is 0.0729. The van der Waals surface area contributed by atoms with Crippen LogP contribution in [0.2, 0.25) is 18.1 Å². The fourth-order valence-electron chi connectivity index (χ4n) is 5.04. The van der Waals surface area contributed by atoms with Gasteiger partial charge in [-0.15, -0.1) is 0 Å². The summed E-state index contributed by atoms with van der Waals surface area (Å²) >= 11 is 0. The Morgan fingerprint density at radius 2 is 1.38 bits per heavy atom. The minimum Gasteiger partial charge on any atom is -0.406 e. The van der Waals surface area contributed by atoms with E-state index >= 15 is 0 Å². The predicted octanol–water partition coefficient (Wildman–Crippen LogP) is 7.56. The van der Waals surface area contributed by atoms with Gasteiger partial charge in [-0.25, -0.2) is 0 Å². The van der Waals surface area contributed by atoms with E-state index in [1.165, 1.54) is 23.5 Å². The molecule has 1 unspecified atom stereocenters. The summed E-state index contributed by atoms with van der Waals surface area (Å²) in [5.74, 6) is 0.593. The van der Waals surface area contributed by atoms with E-state index in [0.29, 0.717) is 5.92 Å². The van der Waals surface area contributed by atoms with Crippen molar-refractivity contribution in [3.63, 3.8) is 0 Å². The Balaban J connectivity index is 1.96. The summed E-state index contributed by atoms with van der Waals surface area (Å²) < 4.78 is 7.60. The van der Waals surface area contributed by atoms with Gasteiger partial charge in [0.25, 0.3) is 0 Å². The second kappa shape index (κ2) is 8.71. The lowest BCUT2D eigenvalue weighted by molar-refractivity contribution is 0.0486. The summed E-state index contributed by atoms with van der Waals surface area (Å²) in [6.07, 6.45) is 13.2. The van der Waals surface area contributed by atoms with Crippen molar-refractivity contribution in [2.24, 2.45) is 5.92 Å². The molecule has 0 N–H and O–H groups in total. The van der Waals surface area contributed by atoms with Crippen molar-refractivity contribution in [1.82, 2.24) is 0 Å². The predicted molar refractivity (Wildman–Crippen MR) is 144 cm³/mol. The van der Waals surface area contributed by atoms with Crippen LogP contribution < -0.4 is 10.6 Å². The van der Waals surface area contributed by atoms with Crippen LogP contribution in [0.3, 0.4) is 0 Å². The average Bonchev–Trinajstić information content (AvgIpc) is 3.61. The van der Waals surface area contributed by atoms with Gasteiger partial charge in [0.05, 0.1) is 5.60 Å². The van der Waals surface area contributed by atoms with Crippen molar-refractivity contribution in [1.29, 1.82) is 0 Å². The first kappa shape index (κ1) is 23.7. The van der Waals surface area contributed by atoms with Crippen molar-refractivity contribution in [3.05, 3.63) is 85.0 Å². The summed E-state index contributed by atoms with van der Waals surface area (Å²) in [7, 11) is -2.68. The maximum Gasteiger partial charge on any atom is 0.193 e. The zero-order chi connectivity index (χ0) is 23.0. The molecule has 1 fully saturated rings. The van der Waals surface area contributed by atoms with E-state index < -0.39 is 16.2 Å². The van der Waals surface area contributed by atoms with E-state index in [0.717, 1.165) is 6.42 Å². The molecule has 2 aliphatic carbocycles. The van der Waals surface area contributed by atoms with E-state index in [4.69, 9.17) is 4.43 Å². The van der Waals surface area contributed by atoms with E-state index in [1.807, 2.05) is 0 Å². The van der Waals surface area contributed by atoms with Crippen molar-refractivity contribution >= 4 is 26.8 Å². The second-order valence-electron chi connectivity index (χ2n) is 10.9. The smallest absolute Gasteiger partial charge is 0.193 e. The van der Waals surface area contributed by atoms with Crippen LogP contribution in [0, 0.1) is 5.92 Å². The molecule has 0 amide bonds. The highest BCUT2D eigenvalue weighted by Gasteiger charge is 2.63. The highest BCUT2D eigenvalue weighted by Crippen LogP contribution is 2.66. The van der Waals surface area contributed by atoms with Crippen LogP contribution in [0.5, 0.6) is 0 Å². The Hall–Kier alpha value is -1.47. The van der Waals surface area contributed by atoms with Crippen LogP contribution in [0.15, 0.2) is 85.0 Å². The van der Waals surface area contributed by atoms with Crippen LogP contribution in [-0.4, -0.2) is 19.1 Å². The first-order chi connectivity index (χ1) is 15.2. The number of rotatable bonds is 7. The second-order valence-corrected chi connectivity index (χ2v) is 18.2. The van der Waals surface area contributed by atoms with Gasteiger partial charge < -0.3 is 4.43 Å². The van der Waals surface area contributed by atoms with Gasteiger partial charge in [-0.3, -0.25) is 0 Å². The average molecular weight is 463 g/mol. The number of allylic oxidation sites excluding steroid dienone is 2. The molecule has 0 spiro atoms. The molecule has 2 atom stereocenters. The van der Waals surface area contributed by atoms with Gasteiger partial charge in [0.1, 0.15) is 0 Å². The molecule has 2 aromatic carbocycles. The number of hydrogen-bond donors (Lipinski definition) is 0. The standard InChI is InChI=1S/C29H39OPSi/c1-7-28(31(25-16-10-8-11-17-25)26-18-12-9-13-19-26)22-14-15-23-29(28,24-20-21-24)30-32(5,6)27(2,3)4/h8-19,22-24H,7,20-21H2,1-6H3/t28?,29-/m1/s1. The molecule has 3 heteroatoms. The molecule has 1 saturated carbocycles. The fraction of sp³-hybridized carbons (Fsp3) is 0.448. The molecule has 4 rings (SSSR count). The van der Waals surface area contributed by atoms with Gasteiger partial charge in [-0.1, -0.05) is 113 Å². The molecular formula is C29H39OPSi. The third-order valence-corrected chi connectivity index (χ3v) is 15.6. The van der Waals surface area contributed by atoms with Crippen LogP contribution >= 0.6 is 7.92 Å². The van der Waals surface area contributed by atoms with Gasteiger partial charge in [0.15, 0.2) is 8.32 Å². The molecule has 32 heavy (non-hydrogen) atoms. The molecule has 170 valence electrons. The largest absolute Gasteiger partial charge is 0.406 e. The molecule has 0 radical (unpaired) electrons. The number of hydrogen-bond acceptors (Lipinski definition) is 1. The highest BCUT2D eigenvalue weighted by atomic mass is 31.1. The maximum absolute atomic E-state index is 7.60. The first-order valence-electron chi connectivity index (χ1n) is 12.1. The lowest BCUT2D eigenvalue weighted by Gasteiger charge is -2.57. The molecular weight excluding hydrogens is 423 g/mol. The van der Waals surface area contributed by atoms with E-state index in [2.05, 4.69) is 126 Å². The van der Waals surface area contributed by atoms with Crippen LogP contribution in [0.4, 0.5) is 0 Å². The third kappa shape index (κ3) is 4.00. The van der Waals surface area contributed by atoms with Gasteiger partial charge in [0.2, 0.25) is 0 Å². The van der Waals surface area contributed by atoms with Crippen LogP contribution in [0.25, 0.3) is 0 Å². The van der Waals surface area contributed by atoms with Crippen molar-refractivity contribution < 1.29 is 4.43 Å². The molecule has 2 aliphatic rings. The lowest BCUT2D eigenvalue weighted by Crippen LogP contribution is -2.62. The Kier molecular flexibility index (Phi) is 6.44. The van der Waals surface area contributed by atoms with Crippen molar-refractivity contribution in [2.45, 2.75) is 75.8 Å². The monoisotopic (exact) mass is 462 g/mol. The van der Waals surface area contributed by atoms with Crippen LogP contribution in [0.1, 0.15) is 47.0 Å². The molecule has 0 aromatic heterocycles. The third-order valence-electron chi connectivity index (χ3n) is 7.88. The molecule has 0 aliphatic heterocycles. The Morgan fingerprint density at radius 3 is 1.81 bits per heavy atom. The van der Waals surface area contributed by atoms with E-state index in [-0.39, 0.29) is 15.8 Å². The zero-order valence-electron chi connectivity index (χ0n) is 20.6. The quantitative estimate of drug-likeness (QED) is 0.305. The summed E-state index contributed by atoms with van der Waals surface area (Å²) in [6, 6.07) is 22.4. The van der Waals surface area contributed by atoms with Gasteiger partial charge in [-0.05, 0) is 61.8 Å². The summed E-state index contributed by atoms with van der Waals surface area (Å²) in [5.41, 5.74) is -0.253. The van der Waals surface area contributed by atoms with E-state index in [1.54, 1.807) is 0 Å². The maximum atomic E-state index is 7.60. The Bertz CT molecular complexity index is 932. The minimum atomic E-state index is -2.02. The van der Waals surface area contributed by atoms with Gasteiger partial charge in [-0.2, -0.15) is 0 Å². The summed E-state index contributed by atoms with van der Waals surface area (Å²) in [6.45, 7) is 14.3. The topological polar surface area (TPSA) is 9.23 Å². The van der Waals surface area contributed by atoms with Crippen molar-refractivity contribution in [3.8, 4) is 0 Å². The highest BCUT2D eigenvalue weighted by molar-refractivity contribution is 7.74.